The summed E-state index contributed by atoms with van der Waals surface area (Å²) >= 11 is 0. The molecule has 0 saturated carbocycles. The third-order valence-corrected chi connectivity index (χ3v) is 4.76. The molecule has 0 N–H and O–H groups in total. The molecule has 0 fully saturated rings. The average Bonchev–Trinajstić information content (AvgIpc) is 2.55. The molecule has 0 aromatic heterocycles. The van der Waals surface area contributed by atoms with E-state index in [9.17, 15) is 0 Å². The highest BCUT2D eigenvalue weighted by Gasteiger charge is 2.39. The molecule has 0 amide bonds. The molecule has 0 radical (unpaired) electrons. The van der Waals surface area contributed by atoms with Crippen LogP contribution in [0.25, 0.3) is 0 Å². The van der Waals surface area contributed by atoms with Crippen LogP contribution >= 0.6 is 0 Å². The molecule has 4 rings (SSSR count). The van der Waals surface area contributed by atoms with Gasteiger partial charge < -0.3 is 9.47 Å². The summed E-state index contributed by atoms with van der Waals surface area (Å²) < 4.78 is 11.7. The van der Waals surface area contributed by atoms with Crippen molar-refractivity contribution in [3.8, 4) is 0 Å². The molecule has 2 unspecified atom stereocenters. The number of hydrogen-bond donors (Lipinski definition) is 0. The van der Waals surface area contributed by atoms with Crippen molar-refractivity contribution in [1.29, 1.82) is 0 Å². The highest BCUT2D eigenvalue weighted by atomic mass is 16.5. The molecule has 2 heterocycles. The fourth-order valence-electron chi connectivity index (χ4n) is 3.83. The zero-order valence-corrected chi connectivity index (χ0v) is 12.9. The van der Waals surface area contributed by atoms with Crippen LogP contribution in [0.5, 0.6) is 0 Å². The van der Waals surface area contributed by atoms with Gasteiger partial charge in [0.1, 0.15) is 11.9 Å². The van der Waals surface area contributed by atoms with Crippen LogP contribution in [-0.2, 0) is 9.47 Å². The van der Waals surface area contributed by atoms with Gasteiger partial charge in [-0.05, 0) is 55.0 Å². The molecular formula is C19H19NO2. The molecule has 0 spiro atoms. The Kier molecular flexibility index (Phi) is 3.14. The van der Waals surface area contributed by atoms with Crippen LogP contribution in [0.3, 0.4) is 0 Å². The van der Waals surface area contributed by atoms with Gasteiger partial charge >= 0.3 is 0 Å². The van der Waals surface area contributed by atoms with E-state index < -0.39 is 0 Å². The van der Waals surface area contributed by atoms with Crippen LogP contribution in [0.1, 0.15) is 35.4 Å². The summed E-state index contributed by atoms with van der Waals surface area (Å²) in [6.07, 6.45) is 9.21. The van der Waals surface area contributed by atoms with E-state index in [1.807, 2.05) is 6.20 Å². The predicted molar refractivity (Wildman–Crippen MR) is 86.6 cm³/mol. The number of aryl methyl sites for hydroxylation is 2. The van der Waals surface area contributed by atoms with E-state index in [0.29, 0.717) is 5.92 Å². The summed E-state index contributed by atoms with van der Waals surface area (Å²) in [5, 5.41) is 0. The molecule has 2 atom stereocenters. The maximum absolute atomic E-state index is 5.91. The van der Waals surface area contributed by atoms with E-state index in [1.165, 1.54) is 22.3 Å². The van der Waals surface area contributed by atoms with Gasteiger partial charge in [0.25, 0.3) is 0 Å². The number of nitrogens with zero attached hydrogens (tertiary/aromatic N) is 1. The zero-order chi connectivity index (χ0) is 15.1. The molecule has 1 aromatic rings. The number of aliphatic imine (C=N–C) groups is 1. The molecule has 1 aliphatic carbocycles. The summed E-state index contributed by atoms with van der Waals surface area (Å²) in [5.41, 5.74) is 6.47. The van der Waals surface area contributed by atoms with E-state index in [2.05, 4.69) is 43.1 Å². The molecule has 3 aliphatic rings. The van der Waals surface area contributed by atoms with E-state index in [1.54, 1.807) is 12.7 Å². The number of rotatable bonds is 1. The first-order valence-electron chi connectivity index (χ1n) is 7.73. The smallest absolute Gasteiger partial charge is 0.174 e. The second kappa shape index (κ2) is 5.16. The summed E-state index contributed by atoms with van der Waals surface area (Å²) in [6, 6.07) is 6.49. The lowest BCUT2D eigenvalue weighted by Gasteiger charge is -2.38. The Hall–Kier alpha value is -2.29. The van der Waals surface area contributed by atoms with Crippen LogP contribution in [0.15, 0.2) is 58.6 Å². The average molecular weight is 293 g/mol. The molecule has 0 saturated heterocycles. The van der Waals surface area contributed by atoms with Crippen LogP contribution in [0.2, 0.25) is 0 Å². The molecule has 1 aromatic carbocycles. The van der Waals surface area contributed by atoms with Gasteiger partial charge in [0.15, 0.2) is 6.40 Å². The Morgan fingerprint density at radius 2 is 2.00 bits per heavy atom. The minimum absolute atomic E-state index is 0.0115. The summed E-state index contributed by atoms with van der Waals surface area (Å²) in [4.78, 5) is 4.18. The van der Waals surface area contributed by atoms with Gasteiger partial charge in [0.2, 0.25) is 0 Å². The normalized spacial score (nSPS) is 25.8. The first kappa shape index (κ1) is 13.4. The Balaban J connectivity index is 1.84. The summed E-state index contributed by atoms with van der Waals surface area (Å²) in [5.74, 6) is 1.28. The van der Waals surface area contributed by atoms with Crippen LogP contribution in [0, 0.1) is 13.8 Å². The maximum Gasteiger partial charge on any atom is 0.174 e. The van der Waals surface area contributed by atoms with Crippen molar-refractivity contribution >= 4 is 6.40 Å². The number of ether oxygens (including phenoxy) is 2. The van der Waals surface area contributed by atoms with Crippen molar-refractivity contribution in [2.75, 3.05) is 0 Å². The predicted octanol–water partition coefficient (Wildman–Crippen LogP) is 4.29. The lowest BCUT2D eigenvalue weighted by molar-refractivity contribution is 0.171. The number of fused-ring (bicyclic) bond motifs is 2. The quantitative estimate of drug-likeness (QED) is 0.773. The first-order chi connectivity index (χ1) is 10.8. The maximum atomic E-state index is 5.91. The molecular weight excluding hydrogens is 274 g/mol. The number of benzene rings is 1. The van der Waals surface area contributed by atoms with Gasteiger partial charge in [-0.25, -0.2) is 4.99 Å². The van der Waals surface area contributed by atoms with Crippen molar-refractivity contribution in [2.45, 2.75) is 38.7 Å². The topological polar surface area (TPSA) is 30.8 Å². The highest BCUT2D eigenvalue weighted by Crippen LogP contribution is 2.46. The van der Waals surface area contributed by atoms with Gasteiger partial charge in [-0.15, -0.1) is 0 Å². The SMILES string of the molecule is Cc1cccc(C)c1C1CC2=C(OC=CC2)C2=CN=COC21. The largest absolute Gasteiger partial charge is 0.474 e. The standard InChI is InChI=1S/C19H19NO2/c1-12-5-3-6-13(2)17(12)15-9-14-7-4-8-21-18(14)16-10-20-11-22-19(15)16/h3-6,8,10-11,15,19H,7,9H2,1-2H3. The monoisotopic (exact) mass is 293 g/mol. The van der Waals surface area contributed by atoms with Crippen LogP contribution in [0.4, 0.5) is 0 Å². The molecule has 3 heteroatoms. The second-order valence-corrected chi connectivity index (χ2v) is 6.14. The fraction of sp³-hybridized carbons (Fsp3) is 0.316. The van der Waals surface area contributed by atoms with E-state index >= 15 is 0 Å². The molecule has 3 nitrogen and oxygen atoms in total. The van der Waals surface area contributed by atoms with Crippen LogP contribution in [-0.4, -0.2) is 12.5 Å². The number of hydrogen-bond acceptors (Lipinski definition) is 3. The van der Waals surface area contributed by atoms with E-state index in [0.717, 1.165) is 24.2 Å². The van der Waals surface area contributed by atoms with Crippen molar-refractivity contribution in [3.05, 3.63) is 70.3 Å². The highest BCUT2D eigenvalue weighted by molar-refractivity contribution is 5.57. The van der Waals surface area contributed by atoms with Gasteiger partial charge in [0.05, 0.1) is 11.8 Å². The third-order valence-electron chi connectivity index (χ3n) is 4.76. The molecule has 22 heavy (non-hydrogen) atoms. The number of allylic oxidation sites excluding steroid dienone is 2. The van der Waals surface area contributed by atoms with Crippen molar-refractivity contribution < 1.29 is 9.47 Å². The summed E-state index contributed by atoms with van der Waals surface area (Å²) in [7, 11) is 0. The van der Waals surface area contributed by atoms with Crippen LogP contribution < -0.4 is 0 Å². The van der Waals surface area contributed by atoms with E-state index in [4.69, 9.17) is 9.47 Å². The minimum Gasteiger partial charge on any atom is -0.474 e. The first-order valence-corrected chi connectivity index (χ1v) is 7.73. The lowest BCUT2D eigenvalue weighted by atomic mass is 9.74. The summed E-state index contributed by atoms with van der Waals surface area (Å²) in [6.45, 7) is 4.37. The Labute approximate surface area is 130 Å². The van der Waals surface area contributed by atoms with Crippen molar-refractivity contribution in [3.63, 3.8) is 0 Å². The van der Waals surface area contributed by atoms with Crippen molar-refractivity contribution in [1.82, 2.24) is 0 Å². The van der Waals surface area contributed by atoms with Gasteiger partial charge in [-0.1, -0.05) is 18.2 Å². The van der Waals surface area contributed by atoms with Crippen molar-refractivity contribution in [2.24, 2.45) is 4.99 Å². The lowest BCUT2D eigenvalue weighted by Crippen LogP contribution is -2.33. The third kappa shape index (κ3) is 2.00. The second-order valence-electron chi connectivity index (χ2n) is 6.14. The van der Waals surface area contributed by atoms with Gasteiger partial charge in [-0.2, -0.15) is 0 Å². The zero-order valence-electron chi connectivity index (χ0n) is 12.9. The van der Waals surface area contributed by atoms with Gasteiger partial charge in [0, 0.05) is 12.1 Å². The molecule has 0 bridgehead atoms. The van der Waals surface area contributed by atoms with E-state index in [-0.39, 0.29) is 6.10 Å². The Morgan fingerprint density at radius 1 is 1.18 bits per heavy atom. The molecule has 2 aliphatic heterocycles. The Morgan fingerprint density at radius 3 is 2.82 bits per heavy atom. The van der Waals surface area contributed by atoms with Gasteiger partial charge in [-0.3, -0.25) is 0 Å². The fourth-order valence-corrected chi connectivity index (χ4v) is 3.83. The minimum atomic E-state index is -0.0115. The Bertz CT molecular complexity index is 720. The molecule has 112 valence electrons.